The van der Waals surface area contributed by atoms with Gasteiger partial charge in [-0.2, -0.15) is 0 Å². The van der Waals surface area contributed by atoms with Gasteiger partial charge in [-0.15, -0.1) is 0 Å². The standard InChI is InChI=1S/C29H23NO3/c31-23-16-9-17-24-26(23)27(28(33-24)20-12-5-2-6-13-20)25-21-14-7-8-15-22(21)30(29(25)32)18-19-10-3-1-4-11-19/h1-8,10-15,25H,9,16-18H2. The van der Waals surface area contributed by atoms with E-state index in [-0.39, 0.29) is 11.7 Å². The second-order valence-electron chi connectivity index (χ2n) is 8.69. The van der Waals surface area contributed by atoms with E-state index in [9.17, 15) is 9.59 Å². The van der Waals surface area contributed by atoms with Crippen molar-refractivity contribution < 1.29 is 14.0 Å². The molecule has 4 nitrogen and oxygen atoms in total. The molecule has 0 fully saturated rings. The van der Waals surface area contributed by atoms with Gasteiger partial charge in [-0.25, -0.2) is 0 Å². The number of furan rings is 1. The molecular formula is C29H23NO3. The number of Topliss-reactive ketones (excluding diaryl/α,β-unsaturated/α-hetero) is 1. The molecule has 2 aliphatic rings. The molecule has 0 N–H and O–H groups in total. The average molecular weight is 434 g/mol. The van der Waals surface area contributed by atoms with Crippen LogP contribution in [0, 0.1) is 0 Å². The Morgan fingerprint density at radius 1 is 0.818 bits per heavy atom. The largest absolute Gasteiger partial charge is 0.460 e. The first-order valence-corrected chi connectivity index (χ1v) is 11.4. The summed E-state index contributed by atoms with van der Waals surface area (Å²) in [6, 6.07) is 27.7. The average Bonchev–Trinajstić information content (AvgIpc) is 3.36. The van der Waals surface area contributed by atoms with Crippen molar-refractivity contribution in [3.05, 3.63) is 113 Å². The third-order valence-electron chi connectivity index (χ3n) is 6.66. The molecular weight excluding hydrogens is 410 g/mol. The van der Waals surface area contributed by atoms with E-state index in [0.717, 1.165) is 40.8 Å². The molecule has 0 spiro atoms. The quantitative estimate of drug-likeness (QED) is 0.388. The van der Waals surface area contributed by atoms with Crippen molar-refractivity contribution in [2.45, 2.75) is 31.7 Å². The summed E-state index contributed by atoms with van der Waals surface area (Å²) in [6.07, 6.45) is 1.99. The highest BCUT2D eigenvalue weighted by atomic mass is 16.3. The summed E-state index contributed by atoms with van der Waals surface area (Å²) in [7, 11) is 0. The number of para-hydroxylation sites is 1. The van der Waals surface area contributed by atoms with Crippen LogP contribution in [-0.4, -0.2) is 11.7 Å². The van der Waals surface area contributed by atoms with Crippen molar-refractivity contribution in [2.75, 3.05) is 4.90 Å². The SMILES string of the molecule is O=C1CCCc2oc(-c3ccccc3)c(C3C(=O)N(Cc4ccccc4)c4ccccc43)c21. The number of nitrogens with zero attached hydrogens (tertiary/aromatic N) is 1. The summed E-state index contributed by atoms with van der Waals surface area (Å²) in [5, 5.41) is 0. The lowest BCUT2D eigenvalue weighted by Crippen LogP contribution is -2.29. The number of amides is 1. The number of ketones is 1. The van der Waals surface area contributed by atoms with Crippen LogP contribution in [0.3, 0.4) is 0 Å². The fourth-order valence-electron chi connectivity index (χ4n) is 5.18. The van der Waals surface area contributed by atoms with Gasteiger partial charge in [-0.05, 0) is 23.6 Å². The molecule has 3 aromatic carbocycles. The molecule has 1 aliphatic carbocycles. The second-order valence-corrected chi connectivity index (χ2v) is 8.69. The summed E-state index contributed by atoms with van der Waals surface area (Å²) in [5.74, 6) is 0.857. The van der Waals surface area contributed by atoms with Gasteiger partial charge in [0.25, 0.3) is 0 Å². The van der Waals surface area contributed by atoms with E-state index in [1.165, 1.54) is 0 Å². The molecule has 4 aromatic rings. The molecule has 2 heterocycles. The van der Waals surface area contributed by atoms with Gasteiger partial charge in [0.1, 0.15) is 11.5 Å². The van der Waals surface area contributed by atoms with Gasteiger partial charge in [0.15, 0.2) is 5.78 Å². The van der Waals surface area contributed by atoms with Crippen LogP contribution in [0.4, 0.5) is 5.69 Å². The molecule has 0 bridgehead atoms. The van der Waals surface area contributed by atoms with Crippen LogP contribution in [0.2, 0.25) is 0 Å². The van der Waals surface area contributed by atoms with Gasteiger partial charge in [0.05, 0.1) is 18.0 Å². The highest BCUT2D eigenvalue weighted by Gasteiger charge is 2.44. The Morgan fingerprint density at radius 3 is 2.30 bits per heavy atom. The van der Waals surface area contributed by atoms with E-state index in [2.05, 4.69) is 0 Å². The number of carbonyl (C=O) groups excluding carboxylic acids is 2. The molecule has 162 valence electrons. The number of fused-ring (bicyclic) bond motifs is 2. The first-order valence-electron chi connectivity index (χ1n) is 11.4. The molecule has 4 heteroatoms. The summed E-state index contributed by atoms with van der Waals surface area (Å²) >= 11 is 0. The van der Waals surface area contributed by atoms with Crippen molar-refractivity contribution in [3.63, 3.8) is 0 Å². The molecule has 0 saturated heterocycles. The van der Waals surface area contributed by atoms with E-state index in [0.29, 0.717) is 30.0 Å². The van der Waals surface area contributed by atoms with Gasteiger partial charge < -0.3 is 9.32 Å². The highest BCUT2D eigenvalue weighted by molar-refractivity contribution is 6.11. The first-order chi connectivity index (χ1) is 16.2. The smallest absolute Gasteiger partial charge is 0.239 e. The van der Waals surface area contributed by atoms with Crippen LogP contribution in [0.5, 0.6) is 0 Å². The third kappa shape index (κ3) is 3.21. The molecule has 6 rings (SSSR count). The zero-order valence-corrected chi connectivity index (χ0v) is 18.2. The Labute approximate surface area is 192 Å². The Morgan fingerprint density at radius 2 is 1.52 bits per heavy atom. The summed E-state index contributed by atoms with van der Waals surface area (Å²) in [6.45, 7) is 0.488. The minimum atomic E-state index is -0.560. The first kappa shape index (κ1) is 19.7. The number of anilines is 1. The molecule has 0 radical (unpaired) electrons. The van der Waals surface area contributed by atoms with E-state index in [1.807, 2.05) is 89.8 Å². The molecule has 1 aliphatic heterocycles. The molecule has 1 atom stereocenters. The predicted molar refractivity (Wildman–Crippen MR) is 127 cm³/mol. The Kier molecular flexibility index (Phi) is 4.72. The topological polar surface area (TPSA) is 50.5 Å². The van der Waals surface area contributed by atoms with Gasteiger partial charge in [-0.3, -0.25) is 9.59 Å². The Balaban J connectivity index is 1.54. The molecule has 33 heavy (non-hydrogen) atoms. The number of hydrogen-bond acceptors (Lipinski definition) is 3. The van der Waals surface area contributed by atoms with Crippen LogP contribution in [-0.2, 0) is 17.8 Å². The maximum atomic E-state index is 14.0. The minimum Gasteiger partial charge on any atom is -0.460 e. The Bertz CT molecular complexity index is 1350. The van der Waals surface area contributed by atoms with E-state index in [1.54, 1.807) is 0 Å². The number of hydrogen-bond donors (Lipinski definition) is 0. The van der Waals surface area contributed by atoms with Crippen molar-refractivity contribution in [1.29, 1.82) is 0 Å². The fraction of sp³-hybridized carbons (Fsp3) is 0.172. The van der Waals surface area contributed by atoms with Crippen molar-refractivity contribution in [1.82, 2.24) is 0 Å². The van der Waals surface area contributed by atoms with E-state index >= 15 is 0 Å². The van der Waals surface area contributed by atoms with Gasteiger partial charge in [-0.1, -0.05) is 78.9 Å². The highest BCUT2D eigenvalue weighted by Crippen LogP contribution is 2.48. The number of rotatable bonds is 4. The van der Waals surface area contributed by atoms with Gasteiger partial charge in [0.2, 0.25) is 5.91 Å². The normalized spacial score (nSPS) is 17.2. The molecule has 1 aromatic heterocycles. The minimum absolute atomic E-state index is 0.0146. The second kappa shape index (κ2) is 7.89. The zero-order valence-electron chi connectivity index (χ0n) is 18.2. The zero-order chi connectivity index (χ0) is 22.4. The van der Waals surface area contributed by atoms with Crippen molar-refractivity contribution in [3.8, 4) is 11.3 Å². The van der Waals surface area contributed by atoms with E-state index < -0.39 is 5.92 Å². The third-order valence-corrected chi connectivity index (χ3v) is 6.66. The van der Waals surface area contributed by atoms with Crippen LogP contribution < -0.4 is 4.90 Å². The summed E-state index contributed by atoms with van der Waals surface area (Å²) in [5.41, 5.74) is 5.13. The summed E-state index contributed by atoms with van der Waals surface area (Å²) < 4.78 is 6.33. The van der Waals surface area contributed by atoms with Crippen LogP contribution >= 0.6 is 0 Å². The van der Waals surface area contributed by atoms with Crippen LogP contribution in [0.15, 0.2) is 89.3 Å². The van der Waals surface area contributed by atoms with E-state index in [4.69, 9.17) is 4.42 Å². The Hall–Kier alpha value is -3.92. The van der Waals surface area contributed by atoms with Crippen LogP contribution in [0.1, 0.15) is 51.6 Å². The molecule has 1 unspecified atom stereocenters. The maximum Gasteiger partial charge on any atom is 0.239 e. The predicted octanol–water partition coefficient (Wildman–Crippen LogP) is 6.14. The lowest BCUT2D eigenvalue weighted by molar-refractivity contribution is -0.118. The molecule has 0 saturated carbocycles. The monoisotopic (exact) mass is 433 g/mol. The van der Waals surface area contributed by atoms with Crippen LogP contribution in [0.25, 0.3) is 11.3 Å². The lowest BCUT2D eigenvalue weighted by Gasteiger charge is -2.19. The lowest BCUT2D eigenvalue weighted by atomic mass is 9.83. The maximum absolute atomic E-state index is 14.0. The molecule has 1 amide bonds. The van der Waals surface area contributed by atoms with Crippen molar-refractivity contribution >= 4 is 17.4 Å². The van der Waals surface area contributed by atoms with Gasteiger partial charge >= 0.3 is 0 Å². The van der Waals surface area contributed by atoms with Crippen molar-refractivity contribution in [2.24, 2.45) is 0 Å². The fourth-order valence-corrected chi connectivity index (χ4v) is 5.18. The number of aryl methyl sites for hydroxylation is 1. The summed E-state index contributed by atoms with van der Waals surface area (Å²) in [4.78, 5) is 29.0. The number of benzene rings is 3. The number of carbonyl (C=O) groups is 2. The van der Waals surface area contributed by atoms with Gasteiger partial charge in [0, 0.05) is 29.7 Å².